The molecular formula is C14H20O. The number of rotatable bonds is 4. The molecule has 1 aliphatic carbocycles. The van der Waals surface area contributed by atoms with Crippen LogP contribution in [0.25, 0.3) is 0 Å². The van der Waals surface area contributed by atoms with Crippen LogP contribution in [0.4, 0.5) is 0 Å². The van der Waals surface area contributed by atoms with Gasteiger partial charge in [0.25, 0.3) is 0 Å². The van der Waals surface area contributed by atoms with E-state index in [1.807, 2.05) is 0 Å². The summed E-state index contributed by atoms with van der Waals surface area (Å²) >= 11 is 0. The van der Waals surface area contributed by atoms with Crippen LogP contribution in [0.15, 0.2) is 18.2 Å². The maximum atomic E-state index is 6.04. The van der Waals surface area contributed by atoms with Crippen molar-refractivity contribution in [3.63, 3.8) is 0 Å². The highest BCUT2D eigenvalue weighted by molar-refractivity contribution is 5.43. The molecule has 0 bridgehead atoms. The lowest BCUT2D eigenvalue weighted by molar-refractivity contribution is 0.296. The Labute approximate surface area is 92.5 Å². The minimum Gasteiger partial charge on any atom is -0.490 e. The van der Waals surface area contributed by atoms with Crippen molar-refractivity contribution in [2.24, 2.45) is 0 Å². The fourth-order valence-electron chi connectivity index (χ4n) is 1.83. The molecule has 1 nitrogen and oxygen atoms in total. The second kappa shape index (κ2) is 4.26. The summed E-state index contributed by atoms with van der Waals surface area (Å²) in [7, 11) is 0. The summed E-state index contributed by atoms with van der Waals surface area (Å²) in [4.78, 5) is 0. The second-order valence-electron chi connectivity index (χ2n) is 4.66. The summed E-state index contributed by atoms with van der Waals surface area (Å²) in [6, 6.07) is 6.53. The Kier molecular flexibility index (Phi) is 2.99. The lowest BCUT2D eigenvalue weighted by Gasteiger charge is -2.17. The van der Waals surface area contributed by atoms with E-state index in [0.29, 0.717) is 12.0 Å². The van der Waals surface area contributed by atoms with Gasteiger partial charge in [0.15, 0.2) is 0 Å². The Balaban J connectivity index is 2.34. The number of aryl methyl sites for hydroxylation is 1. The molecule has 0 aliphatic heterocycles. The van der Waals surface area contributed by atoms with E-state index >= 15 is 0 Å². The molecule has 1 saturated carbocycles. The third-order valence-corrected chi connectivity index (χ3v) is 2.94. The molecule has 0 unspecified atom stereocenters. The molecule has 1 aromatic carbocycles. The van der Waals surface area contributed by atoms with E-state index in [4.69, 9.17) is 4.74 Å². The van der Waals surface area contributed by atoms with Gasteiger partial charge in [-0.05, 0) is 36.3 Å². The molecule has 15 heavy (non-hydrogen) atoms. The number of hydrogen-bond acceptors (Lipinski definition) is 1. The van der Waals surface area contributed by atoms with Crippen LogP contribution in [0.1, 0.15) is 50.7 Å². The molecular weight excluding hydrogens is 184 g/mol. The zero-order valence-corrected chi connectivity index (χ0v) is 9.92. The van der Waals surface area contributed by atoms with Crippen LogP contribution in [0, 0.1) is 0 Å². The highest BCUT2D eigenvalue weighted by Gasteiger charge is 2.25. The van der Waals surface area contributed by atoms with E-state index in [9.17, 15) is 0 Å². The topological polar surface area (TPSA) is 9.23 Å². The summed E-state index contributed by atoms with van der Waals surface area (Å²) in [6.45, 7) is 6.66. The van der Waals surface area contributed by atoms with Crippen molar-refractivity contribution in [2.45, 2.75) is 52.1 Å². The van der Waals surface area contributed by atoms with Crippen LogP contribution in [0.2, 0.25) is 0 Å². The van der Waals surface area contributed by atoms with Gasteiger partial charge < -0.3 is 4.74 Å². The second-order valence-corrected chi connectivity index (χ2v) is 4.66. The lowest BCUT2D eigenvalue weighted by Crippen LogP contribution is -2.04. The van der Waals surface area contributed by atoms with Gasteiger partial charge in [-0.3, -0.25) is 0 Å². The quantitative estimate of drug-likeness (QED) is 0.722. The predicted octanol–water partition coefficient (Wildman–Crippen LogP) is 3.91. The van der Waals surface area contributed by atoms with Crippen LogP contribution in [-0.4, -0.2) is 6.10 Å². The molecule has 1 heteroatoms. The first-order chi connectivity index (χ1) is 7.22. The highest BCUT2D eigenvalue weighted by atomic mass is 16.5. The fraction of sp³-hybridized carbons (Fsp3) is 0.571. The number of benzene rings is 1. The zero-order chi connectivity index (χ0) is 10.8. The minimum atomic E-state index is 0.496. The van der Waals surface area contributed by atoms with Gasteiger partial charge in [-0.2, -0.15) is 0 Å². The maximum absolute atomic E-state index is 6.04. The average molecular weight is 204 g/mol. The molecule has 1 aliphatic rings. The summed E-state index contributed by atoms with van der Waals surface area (Å²) in [5.41, 5.74) is 2.72. The maximum Gasteiger partial charge on any atom is 0.126 e. The molecule has 1 aromatic rings. The van der Waals surface area contributed by atoms with Crippen LogP contribution in [-0.2, 0) is 6.42 Å². The summed E-state index contributed by atoms with van der Waals surface area (Å²) < 4.78 is 6.04. The largest absolute Gasteiger partial charge is 0.490 e. The average Bonchev–Trinajstić information content (AvgIpc) is 3.01. The third-order valence-electron chi connectivity index (χ3n) is 2.94. The number of para-hydroxylation sites is 1. The van der Waals surface area contributed by atoms with Crippen molar-refractivity contribution in [1.29, 1.82) is 0 Å². The molecule has 82 valence electrons. The highest BCUT2D eigenvalue weighted by Crippen LogP contribution is 2.35. The molecule has 0 saturated heterocycles. The molecule has 0 spiro atoms. The Hall–Kier alpha value is -0.980. The van der Waals surface area contributed by atoms with Gasteiger partial charge in [-0.15, -0.1) is 0 Å². The first kappa shape index (κ1) is 10.5. The van der Waals surface area contributed by atoms with Gasteiger partial charge >= 0.3 is 0 Å². The summed E-state index contributed by atoms with van der Waals surface area (Å²) in [5.74, 6) is 1.71. The van der Waals surface area contributed by atoms with Crippen molar-refractivity contribution >= 4 is 0 Å². The molecule has 0 amide bonds. The SMILES string of the molecule is CCc1cccc(C(C)C)c1OC1CC1. The third kappa shape index (κ3) is 2.34. The van der Waals surface area contributed by atoms with Crippen molar-refractivity contribution in [1.82, 2.24) is 0 Å². The zero-order valence-electron chi connectivity index (χ0n) is 9.92. The smallest absolute Gasteiger partial charge is 0.126 e. The fourth-order valence-corrected chi connectivity index (χ4v) is 1.83. The first-order valence-corrected chi connectivity index (χ1v) is 6.00. The van der Waals surface area contributed by atoms with Gasteiger partial charge in [0, 0.05) is 0 Å². The van der Waals surface area contributed by atoms with Crippen LogP contribution in [0.5, 0.6) is 5.75 Å². The van der Waals surface area contributed by atoms with Crippen molar-refractivity contribution in [3.05, 3.63) is 29.3 Å². The van der Waals surface area contributed by atoms with Gasteiger partial charge in [0.2, 0.25) is 0 Å². The van der Waals surface area contributed by atoms with E-state index < -0.39 is 0 Å². The first-order valence-electron chi connectivity index (χ1n) is 6.00. The van der Waals surface area contributed by atoms with Crippen LogP contribution in [0.3, 0.4) is 0 Å². The van der Waals surface area contributed by atoms with Crippen molar-refractivity contribution < 1.29 is 4.74 Å². The van der Waals surface area contributed by atoms with Crippen LogP contribution >= 0.6 is 0 Å². The van der Waals surface area contributed by atoms with E-state index in [0.717, 1.165) is 12.2 Å². The Bertz CT molecular complexity index is 337. The van der Waals surface area contributed by atoms with Gasteiger partial charge in [0.1, 0.15) is 5.75 Å². The molecule has 2 rings (SSSR count). The molecule has 0 radical (unpaired) electrons. The van der Waals surface area contributed by atoms with Gasteiger partial charge in [-0.1, -0.05) is 39.0 Å². The Morgan fingerprint density at radius 1 is 1.33 bits per heavy atom. The van der Waals surface area contributed by atoms with E-state index in [2.05, 4.69) is 39.0 Å². The molecule has 0 N–H and O–H groups in total. The molecule has 0 heterocycles. The number of ether oxygens (including phenoxy) is 1. The molecule has 0 aromatic heterocycles. The molecule has 0 atom stereocenters. The summed E-state index contributed by atoms with van der Waals surface area (Å²) in [5, 5.41) is 0. The number of hydrogen-bond donors (Lipinski definition) is 0. The Morgan fingerprint density at radius 2 is 2.07 bits per heavy atom. The predicted molar refractivity (Wildman–Crippen MR) is 63.6 cm³/mol. The van der Waals surface area contributed by atoms with Gasteiger partial charge in [0.05, 0.1) is 6.10 Å². The lowest BCUT2D eigenvalue weighted by atomic mass is 9.98. The standard InChI is InChI=1S/C14H20O/c1-4-11-6-5-7-13(10(2)3)14(11)15-12-8-9-12/h5-7,10,12H,4,8-9H2,1-3H3. The van der Waals surface area contributed by atoms with Crippen molar-refractivity contribution in [2.75, 3.05) is 0 Å². The normalized spacial score (nSPS) is 15.7. The van der Waals surface area contributed by atoms with E-state index in [1.54, 1.807) is 0 Å². The van der Waals surface area contributed by atoms with Crippen LogP contribution < -0.4 is 4.74 Å². The Morgan fingerprint density at radius 3 is 2.60 bits per heavy atom. The monoisotopic (exact) mass is 204 g/mol. The molecule has 1 fully saturated rings. The van der Waals surface area contributed by atoms with E-state index in [1.165, 1.54) is 24.0 Å². The van der Waals surface area contributed by atoms with E-state index in [-0.39, 0.29) is 0 Å². The summed E-state index contributed by atoms with van der Waals surface area (Å²) in [6.07, 6.45) is 4.02. The van der Waals surface area contributed by atoms with Crippen molar-refractivity contribution in [3.8, 4) is 5.75 Å². The van der Waals surface area contributed by atoms with Gasteiger partial charge in [-0.25, -0.2) is 0 Å². The minimum absolute atomic E-state index is 0.496.